The fourth-order valence-corrected chi connectivity index (χ4v) is 5.11. The van der Waals surface area contributed by atoms with Gasteiger partial charge in [0, 0.05) is 19.8 Å². The van der Waals surface area contributed by atoms with Gasteiger partial charge in [-0.2, -0.15) is 0 Å². The zero-order valence-electron chi connectivity index (χ0n) is 24.5. The minimum absolute atomic E-state index is 0.368. The second-order valence-corrected chi connectivity index (χ2v) is 11.2. The fourth-order valence-electron chi connectivity index (χ4n) is 5.11. The fraction of sp³-hybridized carbons (Fsp3) is 1.00. The van der Waals surface area contributed by atoms with Gasteiger partial charge in [0.15, 0.2) is 0 Å². The van der Waals surface area contributed by atoms with Crippen molar-refractivity contribution in [2.45, 2.75) is 193 Å². The van der Waals surface area contributed by atoms with Gasteiger partial charge in [0.05, 0.1) is 0 Å². The first kappa shape index (κ1) is 34.9. The summed E-state index contributed by atoms with van der Waals surface area (Å²) in [4.78, 5) is 0. The summed E-state index contributed by atoms with van der Waals surface area (Å²) in [6.07, 6.45) is 40.2. The summed E-state index contributed by atoms with van der Waals surface area (Å²) in [5.74, 6) is 0. The van der Waals surface area contributed by atoms with E-state index in [2.05, 4.69) is 6.92 Å². The Morgan fingerprint density at radius 2 is 0.543 bits per heavy atom. The summed E-state index contributed by atoms with van der Waals surface area (Å²) in [6.45, 7) is 4.64. The number of hydrogen-bond acceptors (Lipinski definition) is 2. The predicted octanol–water partition coefficient (Wildman–Crippen LogP) is 11.3. The molecule has 2 heteroatoms. The summed E-state index contributed by atoms with van der Waals surface area (Å²) >= 11 is 0. The van der Waals surface area contributed by atoms with Gasteiger partial charge in [0.2, 0.25) is 0 Å². The molecule has 0 aliphatic carbocycles. The van der Waals surface area contributed by atoms with E-state index in [-0.39, 0.29) is 0 Å². The lowest BCUT2D eigenvalue weighted by atomic mass is 10.0. The van der Waals surface area contributed by atoms with Crippen LogP contribution in [0.3, 0.4) is 0 Å². The summed E-state index contributed by atoms with van der Waals surface area (Å²) in [7, 11) is 0. The minimum atomic E-state index is 0.368. The van der Waals surface area contributed by atoms with E-state index in [4.69, 9.17) is 9.84 Å². The van der Waals surface area contributed by atoms with E-state index in [9.17, 15) is 0 Å². The van der Waals surface area contributed by atoms with E-state index in [1.165, 1.54) is 180 Å². The first-order valence-corrected chi connectivity index (χ1v) is 16.6. The summed E-state index contributed by atoms with van der Waals surface area (Å²) < 4.78 is 5.85. The van der Waals surface area contributed by atoms with Crippen molar-refractivity contribution in [3.8, 4) is 0 Å². The molecule has 0 aromatic heterocycles. The standard InChI is InChI=1S/C33H68O2/c1-2-3-4-5-6-7-8-9-14-17-20-23-26-29-32-35-33-30-27-24-21-18-15-12-10-11-13-16-19-22-25-28-31-34/h34H,2-33H2,1H3. The molecule has 0 saturated heterocycles. The summed E-state index contributed by atoms with van der Waals surface area (Å²) in [5.41, 5.74) is 0. The van der Waals surface area contributed by atoms with Crippen molar-refractivity contribution < 1.29 is 9.84 Å². The number of ether oxygens (including phenoxy) is 1. The van der Waals surface area contributed by atoms with Crippen molar-refractivity contribution in [3.05, 3.63) is 0 Å². The molecule has 0 bridgehead atoms. The topological polar surface area (TPSA) is 29.5 Å². The van der Waals surface area contributed by atoms with Gasteiger partial charge in [-0.15, -0.1) is 0 Å². The Morgan fingerprint density at radius 1 is 0.314 bits per heavy atom. The van der Waals surface area contributed by atoms with E-state index in [0.717, 1.165) is 19.6 Å². The number of hydrogen-bond donors (Lipinski definition) is 1. The van der Waals surface area contributed by atoms with Gasteiger partial charge in [0.1, 0.15) is 0 Å². The van der Waals surface area contributed by atoms with Crippen molar-refractivity contribution in [2.75, 3.05) is 19.8 Å². The maximum Gasteiger partial charge on any atom is 0.0466 e. The highest BCUT2D eigenvalue weighted by molar-refractivity contribution is 4.51. The lowest BCUT2D eigenvalue weighted by molar-refractivity contribution is 0.125. The van der Waals surface area contributed by atoms with Gasteiger partial charge in [-0.05, 0) is 19.3 Å². The smallest absolute Gasteiger partial charge is 0.0466 e. The summed E-state index contributed by atoms with van der Waals surface area (Å²) in [5, 5.41) is 8.77. The largest absolute Gasteiger partial charge is 0.396 e. The second-order valence-electron chi connectivity index (χ2n) is 11.2. The number of rotatable bonds is 32. The van der Waals surface area contributed by atoms with Crippen LogP contribution in [0.25, 0.3) is 0 Å². The maximum absolute atomic E-state index is 8.77. The Balaban J connectivity index is 3.00. The van der Waals surface area contributed by atoms with Crippen LogP contribution in [-0.2, 0) is 4.74 Å². The van der Waals surface area contributed by atoms with Crippen LogP contribution in [0.5, 0.6) is 0 Å². The highest BCUT2D eigenvalue weighted by Gasteiger charge is 1.97. The number of aliphatic hydroxyl groups is 1. The molecule has 2 nitrogen and oxygen atoms in total. The van der Waals surface area contributed by atoms with Crippen LogP contribution < -0.4 is 0 Å². The third-order valence-electron chi connectivity index (χ3n) is 7.59. The molecule has 212 valence electrons. The molecule has 0 spiro atoms. The summed E-state index contributed by atoms with van der Waals surface area (Å²) in [6, 6.07) is 0. The van der Waals surface area contributed by atoms with Gasteiger partial charge in [-0.3, -0.25) is 0 Å². The molecule has 0 heterocycles. The molecule has 0 fully saturated rings. The number of aliphatic hydroxyl groups excluding tert-OH is 1. The quantitative estimate of drug-likeness (QED) is 0.0938. The Bertz CT molecular complexity index is 312. The molecule has 1 N–H and O–H groups in total. The molecular formula is C33H68O2. The lowest BCUT2D eigenvalue weighted by Gasteiger charge is -2.05. The highest BCUT2D eigenvalue weighted by atomic mass is 16.5. The SMILES string of the molecule is CCCCCCCCCCCCCCCCOCCCCCCCCCCCCCCCCCO. The Labute approximate surface area is 222 Å². The van der Waals surface area contributed by atoms with Crippen LogP contribution in [0.1, 0.15) is 193 Å². The van der Waals surface area contributed by atoms with Crippen molar-refractivity contribution in [1.82, 2.24) is 0 Å². The van der Waals surface area contributed by atoms with E-state index in [0.29, 0.717) is 6.61 Å². The molecule has 0 aliphatic rings. The molecule has 0 rings (SSSR count). The molecule has 0 atom stereocenters. The second kappa shape index (κ2) is 33.9. The van der Waals surface area contributed by atoms with Crippen molar-refractivity contribution in [1.29, 1.82) is 0 Å². The van der Waals surface area contributed by atoms with E-state index < -0.39 is 0 Å². The average molecular weight is 497 g/mol. The molecule has 0 amide bonds. The number of unbranched alkanes of at least 4 members (excludes halogenated alkanes) is 27. The van der Waals surface area contributed by atoms with Crippen molar-refractivity contribution >= 4 is 0 Å². The van der Waals surface area contributed by atoms with Gasteiger partial charge >= 0.3 is 0 Å². The molecule has 0 aromatic rings. The first-order valence-electron chi connectivity index (χ1n) is 16.6. The lowest BCUT2D eigenvalue weighted by Crippen LogP contribution is -1.97. The average Bonchev–Trinajstić information content (AvgIpc) is 2.87. The highest BCUT2D eigenvalue weighted by Crippen LogP contribution is 2.14. The minimum Gasteiger partial charge on any atom is -0.396 e. The molecule has 0 unspecified atom stereocenters. The zero-order valence-corrected chi connectivity index (χ0v) is 24.5. The molecule has 0 aliphatic heterocycles. The first-order chi connectivity index (χ1) is 17.4. The molecule has 35 heavy (non-hydrogen) atoms. The zero-order chi connectivity index (χ0) is 25.3. The van der Waals surface area contributed by atoms with Gasteiger partial charge in [-0.1, -0.05) is 174 Å². The van der Waals surface area contributed by atoms with E-state index >= 15 is 0 Å². The van der Waals surface area contributed by atoms with Crippen LogP contribution in [0.4, 0.5) is 0 Å². The molecule has 0 aromatic carbocycles. The third kappa shape index (κ3) is 33.9. The molecule has 0 radical (unpaired) electrons. The maximum atomic E-state index is 8.77. The van der Waals surface area contributed by atoms with Crippen LogP contribution in [-0.4, -0.2) is 24.9 Å². The van der Waals surface area contributed by atoms with E-state index in [1.54, 1.807) is 0 Å². The van der Waals surface area contributed by atoms with Crippen LogP contribution in [0.15, 0.2) is 0 Å². The Morgan fingerprint density at radius 3 is 0.800 bits per heavy atom. The van der Waals surface area contributed by atoms with Crippen molar-refractivity contribution in [2.24, 2.45) is 0 Å². The van der Waals surface area contributed by atoms with Crippen molar-refractivity contribution in [3.63, 3.8) is 0 Å². The van der Waals surface area contributed by atoms with Crippen LogP contribution in [0.2, 0.25) is 0 Å². The molecular weight excluding hydrogens is 428 g/mol. The Kier molecular flexibility index (Phi) is 33.8. The third-order valence-corrected chi connectivity index (χ3v) is 7.59. The monoisotopic (exact) mass is 497 g/mol. The Hall–Kier alpha value is -0.0800. The van der Waals surface area contributed by atoms with Gasteiger partial charge in [0.25, 0.3) is 0 Å². The van der Waals surface area contributed by atoms with Gasteiger partial charge in [-0.25, -0.2) is 0 Å². The normalized spacial score (nSPS) is 11.5. The van der Waals surface area contributed by atoms with E-state index in [1.807, 2.05) is 0 Å². The molecule has 0 saturated carbocycles. The van der Waals surface area contributed by atoms with Crippen LogP contribution in [0, 0.1) is 0 Å². The van der Waals surface area contributed by atoms with Gasteiger partial charge < -0.3 is 9.84 Å². The predicted molar refractivity (Wildman–Crippen MR) is 157 cm³/mol. The van der Waals surface area contributed by atoms with Crippen LogP contribution >= 0.6 is 0 Å².